The van der Waals surface area contributed by atoms with Crippen LogP contribution in [0, 0.1) is 17.0 Å². The summed E-state index contributed by atoms with van der Waals surface area (Å²) in [5.74, 6) is -0.0331. The first-order valence-corrected chi connectivity index (χ1v) is 10.8. The molecule has 0 fully saturated rings. The molecule has 3 rings (SSSR count). The molecule has 0 aliphatic rings. The largest absolute Gasteiger partial charge is 0.497 e. The number of thiophene rings is 1. The first kappa shape index (κ1) is 23.7. The second kappa shape index (κ2) is 10.6. The van der Waals surface area contributed by atoms with Gasteiger partial charge in [0.25, 0.3) is 11.6 Å². The summed E-state index contributed by atoms with van der Waals surface area (Å²) in [6.07, 6.45) is 0. The van der Waals surface area contributed by atoms with Crippen LogP contribution in [0.2, 0.25) is 0 Å². The fraction of sp³-hybridized carbons (Fsp3) is 0.217. The standard InChI is InChI=1S/C23H22N2O7S/c1-4-31-23(27)21-18(15-5-7-16(30-3)8-6-15)13-33-22(21)24-20(26)12-32-17-9-10-19(25(28)29)14(2)11-17/h5-11,13H,4,12H2,1-3H3,(H,24,26). The molecule has 1 N–H and O–H groups in total. The maximum Gasteiger partial charge on any atom is 0.341 e. The van der Waals surface area contributed by atoms with Gasteiger partial charge < -0.3 is 19.5 Å². The van der Waals surface area contributed by atoms with E-state index in [-0.39, 0.29) is 24.5 Å². The normalized spacial score (nSPS) is 10.4. The van der Waals surface area contributed by atoms with Gasteiger partial charge in [0.15, 0.2) is 6.61 Å². The Morgan fingerprint density at radius 3 is 2.42 bits per heavy atom. The van der Waals surface area contributed by atoms with Gasteiger partial charge in [0, 0.05) is 22.6 Å². The van der Waals surface area contributed by atoms with Crippen molar-refractivity contribution in [2.75, 3.05) is 25.6 Å². The van der Waals surface area contributed by atoms with Gasteiger partial charge in [-0.05, 0) is 43.7 Å². The highest BCUT2D eigenvalue weighted by Gasteiger charge is 2.23. The van der Waals surface area contributed by atoms with Gasteiger partial charge in [-0.2, -0.15) is 0 Å². The van der Waals surface area contributed by atoms with Crippen molar-refractivity contribution < 1.29 is 28.7 Å². The van der Waals surface area contributed by atoms with Crippen LogP contribution in [0.3, 0.4) is 0 Å². The van der Waals surface area contributed by atoms with E-state index >= 15 is 0 Å². The summed E-state index contributed by atoms with van der Waals surface area (Å²) < 4.78 is 15.8. The molecule has 0 spiro atoms. The van der Waals surface area contributed by atoms with E-state index < -0.39 is 16.8 Å². The molecule has 33 heavy (non-hydrogen) atoms. The van der Waals surface area contributed by atoms with Crippen molar-refractivity contribution in [3.05, 3.63) is 69.1 Å². The van der Waals surface area contributed by atoms with Crippen LogP contribution in [-0.4, -0.2) is 37.1 Å². The van der Waals surface area contributed by atoms with Gasteiger partial charge in [-0.15, -0.1) is 11.3 Å². The number of nitro benzene ring substituents is 1. The lowest BCUT2D eigenvalue weighted by Gasteiger charge is -2.10. The molecule has 0 unspecified atom stereocenters. The summed E-state index contributed by atoms with van der Waals surface area (Å²) >= 11 is 1.20. The van der Waals surface area contributed by atoms with Gasteiger partial charge in [-0.1, -0.05) is 12.1 Å². The smallest absolute Gasteiger partial charge is 0.341 e. The number of carbonyl (C=O) groups is 2. The van der Waals surface area contributed by atoms with Crippen molar-refractivity contribution in [3.63, 3.8) is 0 Å². The van der Waals surface area contributed by atoms with Gasteiger partial charge >= 0.3 is 5.97 Å². The van der Waals surface area contributed by atoms with Crippen molar-refractivity contribution >= 4 is 33.9 Å². The van der Waals surface area contributed by atoms with Crippen LogP contribution in [-0.2, 0) is 9.53 Å². The monoisotopic (exact) mass is 470 g/mol. The third-order valence-corrected chi connectivity index (χ3v) is 5.55. The summed E-state index contributed by atoms with van der Waals surface area (Å²) in [5, 5.41) is 15.7. The minimum absolute atomic E-state index is 0.0319. The quantitative estimate of drug-likeness (QED) is 0.270. The first-order chi connectivity index (χ1) is 15.8. The number of amides is 1. The SMILES string of the molecule is CCOC(=O)c1c(-c2ccc(OC)cc2)csc1NC(=O)COc1ccc([N+](=O)[O-])c(C)c1. The molecule has 172 valence electrons. The average molecular weight is 471 g/mol. The number of methoxy groups -OCH3 is 1. The van der Waals surface area contributed by atoms with Crippen LogP contribution >= 0.6 is 11.3 Å². The summed E-state index contributed by atoms with van der Waals surface area (Å²) in [6, 6.07) is 11.4. The van der Waals surface area contributed by atoms with Crippen molar-refractivity contribution in [2.24, 2.45) is 0 Å². The Hall–Kier alpha value is -3.92. The Kier molecular flexibility index (Phi) is 7.62. The van der Waals surface area contributed by atoms with E-state index in [1.165, 1.54) is 29.5 Å². The van der Waals surface area contributed by atoms with Crippen LogP contribution in [0.25, 0.3) is 11.1 Å². The fourth-order valence-corrected chi connectivity index (χ4v) is 4.05. The number of nitrogens with one attached hydrogen (secondary N) is 1. The third-order valence-electron chi connectivity index (χ3n) is 4.66. The molecule has 2 aromatic carbocycles. The fourth-order valence-electron chi connectivity index (χ4n) is 3.07. The summed E-state index contributed by atoms with van der Waals surface area (Å²) in [7, 11) is 1.57. The highest BCUT2D eigenvalue weighted by Crippen LogP contribution is 2.37. The molecular formula is C23H22N2O7S. The topological polar surface area (TPSA) is 117 Å². The molecule has 10 heteroatoms. The van der Waals surface area contributed by atoms with Gasteiger partial charge in [-0.3, -0.25) is 14.9 Å². The molecule has 0 saturated heterocycles. The van der Waals surface area contributed by atoms with Crippen molar-refractivity contribution in [1.82, 2.24) is 0 Å². The highest BCUT2D eigenvalue weighted by atomic mass is 32.1. The predicted octanol–water partition coefficient (Wildman–Crippen LogP) is 4.83. The molecule has 3 aromatic rings. The molecule has 1 heterocycles. The van der Waals surface area contributed by atoms with Gasteiger partial charge in [0.05, 0.1) is 18.6 Å². The number of hydrogen-bond acceptors (Lipinski definition) is 8. The number of carbonyl (C=O) groups excluding carboxylic acids is 2. The second-order valence-corrected chi connectivity index (χ2v) is 7.72. The number of aryl methyl sites for hydroxylation is 1. The Bertz CT molecular complexity index is 1170. The minimum Gasteiger partial charge on any atom is -0.497 e. The number of hydrogen-bond donors (Lipinski definition) is 1. The zero-order valence-electron chi connectivity index (χ0n) is 18.2. The molecule has 9 nitrogen and oxygen atoms in total. The molecule has 0 radical (unpaired) electrons. The van der Waals surface area contributed by atoms with Gasteiger partial charge in [-0.25, -0.2) is 4.79 Å². The number of anilines is 1. The molecule has 0 bridgehead atoms. The number of nitrogens with zero attached hydrogens (tertiary/aromatic N) is 1. The van der Waals surface area contributed by atoms with Crippen molar-refractivity contribution in [1.29, 1.82) is 0 Å². The maximum absolute atomic E-state index is 12.7. The van der Waals surface area contributed by atoms with Crippen LogP contribution in [0.1, 0.15) is 22.8 Å². The van der Waals surface area contributed by atoms with Crippen molar-refractivity contribution in [2.45, 2.75) is 13.8 Å². The Balaban J connectivity index is 1.77. The average Bonchev–Trinajstić information content (AvgIpc) is 3.21. The predicted molar refractivity (Wildman–Crippen MR) is 124 cm³/mol. The van der Waals surface area contributed by atoms with Crippen LogP contribution in [0.4, 0.5) is 10.7 Å². The maximum atomic E-state index is 12.7. The van der Waals surface area contributed by atoms with Crippen LogP contribution in [0.15, 0.2) is 47.8 Å². The van der Waals surface area contributed by atoms with E-state index in [9.17, 15) is 19.7 Å². The number of benzene rings is 2. The zero-order valence-corrected chi connectivity index (χ0v) is 19.1. The molecular weight excluding hydrogens is 448 g/mol. The Labute approximate surface area is 194 Å². The lowest BCUT2D eigenvalue weighted by molar-refractivity contribution is -0.385. The molecule has 0 saturated carbocycles. The van der Waals surface area contributed by atoms with E-state index in [0.717, 1.165) is 5.56 Å². The van der Waals surface area contributed by atoms with Crippen LogP contribution in [0.5, 0.6) is 11.5 Å². The van der Waals surface area contributed by atoms with E-state index in [1.807, 2.05) is 12.1 Å². The zero-order chi connectivity index (χ0) is 24.0. The lowest BCUT2D eigenvalue weighted by atomic mass is 10.0. The van der Waals surface area contributed by atoms with E-state index in [2.05, 4.69) is 5.32 Å². The summed E-state index contributed by atoms with van der Waals surface area (Å²) in [6.45, 7) is 3.14. The number of ether oxygens (including phenoxy) is 3. The lowest BCUT2D eigenvalue weighted by Crippen LogP contribution is -2.21. The Morgan fingerprint density at radius 1 is 1.12 bits per heavy atom. The number of esters is 1. The van der Waals surface area contributed by atoms with Gasteiger partial charge in [0.2, 0.25) is 0 Å². The molecule has 0 atom stereocenters. The van der Waals surface area contributed by atoms with E-state index in [0.29, 0.717) is 27.6 Å². The van der Waals surface area contributed by atoms with Crippen molar-refractivity contribution in [3.8, 4) is 22.6 Å². The number of nitro groups is 1. The second-order valence-electron chi connectivity index (χ2n) is 6.84. The third kappa shape index (κ3) is 5.66. The van der Waals surface area contributed by atoms with E-state index in [4.69, 9.17) is 14.2 Å². The number of rotatable bonds is 9. The summed E-state index contributed by atoms with van der Waals surface area (Å²) in [5.41, 5.74) is 2.04. The molecule has 1 aromatic heterocycles. The Morgan fingerprint density at radius 2 is 1.82 bits per heavy atom. The van der Waals surface area contributed by atoms with Gasteiger partial charge in [0.1, 0.15) is 22.1 Å². The molecule has 0 aliphatic heterocycles. The van der Waals surface area contributed by atoms with E-state index in [1.54, 1.807) is 38.5 Å². The first-order valence-electron chi connectivity index (χ1n) is 9.94. The van der Waals surface area contributed by atoms with Crippen LogP contribution < -0.4 is 14.8 Å². The molecule has 1 amide bonds. The summed E-state index contributed by atoms with van der Waals surface area (Å²) in [4.78, 5) is 35.6. The minimum atomic E-state index is -0.549. The molecule has 0 aliphatic carbocycles. The highest BCUT2D eigenvalue weighted by molar-refractivity contribution is 7.15.